The molecule has 19 heavy (non-hydrogen) atoms. The van der Waals surface area contributed by atoms with E-state index >= 15 is 0 Å². The number of nitrogens with one attached hydrogen (secondary N) is 2. The van der Waals surface area contributed by atoms with Crippen molar-refractivity contribution in [3.05, 3.63) is 29.8 Å². The van der Waals surface area contributed by atoms with Crippen LogP contribution in [0.3, 0.4) is 0 Å². The summed E-state index contributed by atoms with van der Waals surface area (Å²) in [6.07, 6.45) is 2.09. The third kappa shape index (κ3) is 5.85. The Balaban J connectivity index is 2.40. The van der Waals surface area contributed by atoms with Crippen LogP contribution in [-0.4, -0.2) is 33.7 Å². The predicted octanol–water partition coefficient (Wildman–Crippen LogP) is 0.706. The molecule has 0 bridgehead atoms. The smallest absolute Gasteiger partial charge is 0.233 e. The molecule has 0 saturated heterocycles. The zero-order valence-corrected chi connectivity index (χ0v) is 12.1. The summed E-state index contributed by atoms with van der Waals surface area (Å²) in [4.78, 5) is 11.6. The molecule has 1 aromatic rings. The number of carbonyl (C=O) groups is 1. The van der Waals surface area contributed by atoms with E-state index < -0.39 is 9.84 Å². The van der Waals surface area contributed by atoms with Crippen molar-refractivity contribution in [3.8, 4) is 0 Å². The predicted molar refractivity (Wildman–Crippen MR) is 74.6 cm³/mol. The molecule has 0 aliphatic rings. The molecule has 106 valence electrons. The molecule has 0 atom stereocenters. The first-order chi connectivity index (χ1) is 8.93. The van der Waals surface area contributed by atoms with Crippen LogP contribution in [0.5, 0.6) is 0 Å². The molecule has 0 saturated carbocycles. The van der Waals surface area contributed by atoms with E-state index in [9.17, 15) is 13.2 Å². The van der Waals surface area contributed by atoms with Gasteiger partial charge in [-0.05, 0) is 24.1 Å². The quantitative estimate of drug-likeness (QED) is 0.773. The first kappa shape index (κ1) is 15.7. The van der Waals surface area contributed by atoms with E-state index in [2.05, 4.69) is 10.6 Å². The van der Waals surface area contributed by atoms with Gasteiger partial charge in [-0.15, -0.1) is 0 Å². The second-order valence-corrected chi connectivity index (χ2v) is 6.39. The molecule has 0 fully saturated rings. The lowest BCUT2D eigenvalue weighted by atomic mass is 10.2. The highest BCUT2D eigenvalue weighted by Crippen LogP contribution is 2.09. The third-order valence-electron chi connectivity index (χ3n) is 2.54. The SMILES string of the molecule is CCCNC(=O)CNCc1ccc(S(C)(=O)=O)cc1. The molecule has 0 aromatic heterocycles. The number of hydrogen-bond donors (Lipinski definition) is 2. The fourth-order valence-electron chi connectivity index (χ4n) is 1.50. The summed E-state index contributed by atoms with van der Waals surface area (Å²) in [6, 6.07) is 6.63. The van der Waals surface area contributed by atoms with Crippen molar-refractivity contribution in [1.29, 1.82) is 0 Å². The van der Waals surface area contributed by atoms with Gasteiger partial charge in [-0.1, -0.05) is 19.1 Å². The molecule has 0 radical (unpaired) electrons. The number of amides is 1. The Kier molecular flexibility index (Phi) is 5.98. The fraction of sp³-hybridized carbons (Fsp3) is 0.462. The normalized spacial score (nSPS) is 11.3. The lowest BCUT2D eigenvalue weighted by Crippen LogP contribution is -2.33. The number of sulfone groups is 1. The molecule has 0 heterocycles. The van der Waals surface area contributed by atoms with Gasteiger partial charge in [-0.2, -0.15) is 0 Å². The van der Waals surface area contributed by atoms with E-state index in [0.29, 0.717) is 18.0 Å². The number of carbonyl (C=O) groups excluding carboxylic acids is 1. The van der Waals surface area contributed by atoms with Gasteiger partial charge in [0, 0.05) is 19.3 Å². The Bertz CT molecular complexity index is 509. The van der Waals surface area contributed by atoms with Gasteiger partial charge in [-0.3, -0.25) is 4.79 Å². The molecular formula is C13H20N2O3S. The summed E-state index contributed by atoms with van der Waals surface area (Å²) in [5.74, 6) is -0.0328. The van der Waals surface area contributed by atoms with Gasteiger partial charge in [0.2, 0.25) is 5.91 Å². The Morgan fingerprint density at radius 1 is 1.21 bits per heavy atom. The van der Waals surface area contributed by atoms with Crippen molar-refractivity contribution in [3.63, 3.8) is 0 Å². The van der Waals surface area contributed by atoms with Crippen molar-refractivity contribution in [2.24, 2.45) is 0 Å². The second kappa shape index (κ2) is 7.25. The zero-order valence-electron chi connectivity index (χ0n) is 11.3. The van der Waals surface area contributed by atoms with Crippen molar-refractivity contribution in [1.82, 2.24) is 10.6 Å². The molecule has 1 amide bonds. The lowest BCUT2D eigenvalue weighted by Gasteiger charge is -2.06. The summed E-state index contributed by atoms with van der Waals surface area (Å²) < 4.78 is 22.6. The average Bonchev–Trinajstić information content (AvgIpc) is 2.36. The number of benzene rings is 1. The first-order valence-corrected chi connectivity index (χ1v) is 8.09. The molecule has 1 aromatic carbocycles. The summed E-state index contributed by atoms with van der Waals surface area (Å²) in [5.41, 5.74) is 0.940. The van der Waals surface area contributed by atoms with E-state index in [0.717, 1.165) is 12.0 Å². The van der Waals surface area contributed by atoms with Gasteiger partial charge >= 0.3 is 0 Å². The molecule has 6 heteroatoms. The average molecular weight is 284 g/mol. The zero-order chi connectivity index (χ0) is 14.3. The van der Waals surface area contributed by atoms with E-state index in [-0.39, 0.29) is 12.5 Å². The monoisotopic (exact) mass is 284 g/mol. The lowest BCUT2D eigenvalue weighted by molar-refractivity contribution is -0.120. The molecule has 5 nitrogen and oxygen atoms in total. The van der Waals surface area contributed by atoms with Crippen LogP contribution in [0.1, 0.15) is 18.9 Å². The van der Waals surface area contributed by atoms with Crippen molar-refractivity contribution >= 4 is 15.7 Å². The molecule has 0 aliphatic carbocycles. The van der Waals surface area contributed by atoms with Gasteiger partial charge in [0.05, 0.1) is 11.4 Å². The second-order valence-electron chi connectivity index (χ2n) is 4.37. The highest BCUT2D eigenvalue weighted by molar-refractivity contribution is 7.90. The maximum absolute atomic E-state index is 11.3. The van der Waals surface area contributed by atoms with E-state index in [1.54, 1.807) is 24.3 Å². The standard InChI is InChI=1S/C13H20N2O3S/c1-3-8-15-13(16)10-14-9-11-4-6-12(7-5-11)19(2,17)18/h4-7,14H,3,8-10H2,1-2H3,(H,15,16). The maximum atomic E-state index is 11.3. The van der Waals surface area contributed by atoms with Crippen molar-refractivity contribution < 1.29 is 13.2 Å². The van der Waals surface area contributed by atoms with Gasteiger partial charge in [0.1, 0.15) is 0 Å². The van der Waals surface area contributed by atoms with Crippen LogP contribution in [0.4, 0.5) is 0 Å². The maximum Gasteiger partial charge on any atom is 0.233 e. The molecule has 0 spiro atoms. The van der Waals surface area contributed by atoms with Crippen LogP contribution in [0.25, 0.3) is 0 Å². The Labute approximate surface area is 114 Å². The minimum atomic E-state index is -3.15. The summed E-state index contributed by atoms with van der Waals surface area (Å²) in [5, 5.41) is 5.77. The van der Waals surface area contributed by atoms with Crippen LogP contribution in [0.2, 0.25) is 0 Å². The largest absolute Gasteiger partial charge is 0.355 e. The van der Waals surface area contributed by atoms with Crippen LogP contribution < -0.4 is 10.6 Å². The van der Waals surface area contributed by atoms with E-state index in [1.807, 2.05) is 6.92 Å². The molecule has 0 aliphatic heterocycles. The summed E-state index contributed by atoms with van der Waals surface area (Å²) in [6.45, 7) is 3.47. The molecular weight excluding hydrogens is 264 g/mol. The Morgan fingerprint density at radius 2 is 1.84 bits per heavy atom. The highest BCUT2D eigenvalue weighted by Gasteiger charge is 2.06. The first-order valence-electron chi connectivity index (χ1n) is 6.20. The van der Waals surface area contributed by atoms with E-state index in [4.69, 9.17) is 0 Å². The van der Waals surface area contributed by atoms with Crippen LogP contribution in [0.15, 0.2) is 29.2 Å². The summed E-state index contributed by atoms with van der Waals surface area (Å²) in [7, 11) is -3.15. The van der Waals surface area contributed by atoms with Gasteiger partial charge in [0.25, 0.3) is 0 Å². The van der Waals surface area contributed by atoms with Gasteiger partial charge in [-0.25, -0.2) is 8.42 Å². The van der Waals surface area contributed by atoms with Crippen LogP contribution in [0, 0.1) is 0 Å². The van der Waals surface area contributed by atoms with E-state index in [1.165, 1.54) is 6.26 Å². The van der Waals surface area contributed by atoms with Gasteiger partial charge < -0.3 is 10.6 Å². The van der Waals surface area contributed by atoms with Crippen molar-refractivity contribution in [2.45, 2.75) is 24.8 Å². The third-order valence-corrected chi connectivity index (χ3v) is 3.67. The summed E-state index contributed by atoms with van der Waals surface area (Å²) >= 11 is 0. The Morgan fingerprint density at radius 3 is 2.37 bits per heavy atom. The Hall–Kier alpha value is -1.40. The van der Waals surface area contributed by atoms with Crippen LogP contribution in [-0.2, 0) is 21.2 Å². The minimum Gasteiger partial charge on any atom is -0.355 e. The number of hydrogen-bond acceptors (Lipinski definition) is 4. The van der Waals surface area contributed by atoms with Crippen molar-refractivity contribution in [2.75, 3.05) is 19.3 Å². The minimum absolute atomic E-state index is 0.0328. The molecule has 2 N–H and O–H groups in total. The highest BCUT2D eigenvalue weighted by atomic mass is 32.2. The van der Waals surface area contributed by atoms with Crippen LogP contribution >= 0.6 is 0 Å². The molecule has 1 rings (SSSR count). The number of rotatable bonds is 7. The fourth-order valence-corrected chi connectivity index (χ4v) is 2.13. The topological polar surface area (TPSA) is 75.3 Å². The molecule has 0 unspecified atom stereocenters. The van der Waals surface area contributed by atoms with Gasteiger partial charge in [0.15, 0.2) is 9.84 Å².